The predicted octanol–water partition coefficient (Wildman–Crippen LogP) is 4.08. The summed E-state index contributed by atoms with van der Waals surface area (Å²) in [6, 6.07) is 6.56. The number of nitrogens with two attached hydrogens (primary N) is 1. The summed E-state index contributed by atoms with van der Waals surface area (Å²) in [6.07, 6.45) is 6.60. The van der Waals surface area contributed by atoms with Crippen molar-refractivity contribution in [3.8, 4) is 0 Å². The van der Waals surface area contributed by atoms with E-state index in [0.29, 0.717) is 11.1 Å². The Morgan fingerprint density at radius 3 is 2.65 bits per heavy atom. The molecule has 0 spiro atoms. The number of halogens is 1. The summed E-state index contributed by atoms with van der Waals surface area (Å²) in [4.78, 5) is 2.42. The van der Waals surface area contributed by atoms with E-state index in [1.54, 1.807) is 0 Å². The molecule has 1 aromatic rings. The van der Waals surface area contributed by atoms with Gasteiger partial charge in [-0.3, -0.25) is 0 Å². The molecule has 17 heavy (non-hydrogen) atoms. The van der Waals surface area contributed by atoms with E-state index in [1.807, 2.05) is 12.1 Å². The van der Waals surface area contributed by atoms with Crippen molar-refractivity contribution in [2.24, 2.45) is 0 Å². The fourth-order valence-electron chi connectivity index (χ4n) is 2.79. The van der Waals surface area contributed by atoms with Crippen molar-refractivity contribution < 1.29 is 0 Å². The van der Waals surface area contributed by atoms with E-state index >= 15 is 0 Å². The maximum Gasteiger partial charge on any atom is 0.0741 e. The van der Waals surface area contributed by atoms with Gasteiger partial charge >= 0.3 is 0 Å². The van der Waals surface area contributed by atoms with E-state index in [9.17, 15) is 0 Å². The van der Waals surface area contributed by atoms with Gasteiger partial charge in [0, 0.05) is 12.6 Å². The molecule has 1 fully saturated rings. The minimum Gasteiger partial charge on any atom is -0.396 e. The smallest absolute Gasteiger partial charge is 0.0741 e. The summed E-state index contributed by atoms with van der Waals surface area (Å²) in [7, 11) is 0. The van der Waals surface area contributed by atoms with Crippen LogP contribution in [0.15, 0.2) is 18.2 Å². The first-order valence-corrected chi connectivity index (χ1v) is 6.92. The minimum atomic E-state index is 0.634. The summed E-state index contributed by atoms with van der Waals surface area (Å²) < 4.78 is 0. The number of hydrogen-bond acceptors (Lipinski definition) is 2. The molecule has 1 saturated carbocycles. The van der Waals surface area contributed by atoms with Crippen LogP contribution in [-0.2, 0) is 0 Å². The number of benzene rings is 1. The van der Waals surface area contributed by atoms with E-state index in [2.05, 4.69) is 17.9 Å². The number of hydrogen-bond donors (Lipinski definition) is 1. The molecule has 94 valence electrons. The van der Waals surface area contributed by atoms with E-state index in [-0.39, 0.29) is 0 Å². The SMILES string of the molecule is CCN(c1cccc(Cl)c1N)C1CCCCC1. The van der Waals surface area contributed by atoms with Crippen LogP contribution in [0.2, 0.25) is 5.02 Å². The minimum absolute atomic E-state index is 0.634. The zero-order valence-corrected chi connectivity index (χ0v) is 11.2. The first kappa shape index (κ1) is 12.6. The lowest BCUT2D eigenvalue weighted by molar-refractivity contribution is 0.418. The Morgan fingerprint density at radius 2 is 2.00 bits per heavy atom. The maximum atomic E-state index is 6.10. The Hall–Kier alpha value is -0.890. The molecule has 0 aliphatic heterocycles. The summed E-state index contributed by atoms with van der Waals surface area (Å²) in [5, 5.41) is 0.664. The summed E-state index contributed by atoms with van der Waals surface area (Å²) in [6.45, 7) is 3.18. The van der Waals surface area contributed by atoms with Crippen molar-refractivity contribution >= 4 is 23.0 Å². The van der Waals surface area contributed by atoms with Gasteiger partial charge in [0.25, 0.3) is 0 Å². The van der Waals surface area contributed by atoms with E-state index in [0.717, 1.165) is 17.9 Å². The molecule has 1 aliphatic carbocycles. The molecule has 2 N–H and O–H groups in total. The van der Waals surface area contributed by atoms with Crippen molar-refractivity contribution in [1.29, 1.82) is 0 Å². The Balaban J connectivity index is 2.24. The molecule has 0 unspecified atom stereocenters. The molecule has 2 nitrogen and oxygen atoms in total. The van der Waals surface area contributed by atoms with Gasteiger partial charge in [0.15, 0.2) is 0 Å². The highest BCUT2D eigenvalue weighted by molar-refractivity contribution is 6.33. The van der Waals surface area contributed by atoms with Gasteiger partial charge in [-0.2, -0.15) is 0 Å². The Kier molecular flexibility index (Phi) is 4.16. The van der Waals surface area contributed by atoms with Crippen molar-refractivity contribution in [3.63, 3.8) is 0 Å². The van der Waals surface area contributed by atoms with Crippen molar-refractivity contribution in [2.75, 3.05) is 17.2 Å². The molecular weight excluding hydrogens is 232 g/mol. The fourth-order valence-corrected chi connectivity index (χ4v) is 2.96. The average molecular weight is 253 g/mol. The third kappa shape index (κ3) is 2.68. The molecular formula is C14H21ClN2. The first-order valence-electron chi connectivity index (χ1n) is 6.54. The Morgan fingerprint density at radius 1 is 1.29 bits per heavy atom. The van der Waals surface area contributed by atoms with Gasteiger partial charge in [-0.1, -0.05) is 36.9 Å². The molecule has 1 aliphatic rings. The molecule has 0 bridgehead atoms. The molecule has 1 aromatic carbocycles. The molecule has 0 saturated heterocycles. The van der Waals surface area contributed by atoms with Crippen molar-refractivity contribution in [3.05, 3.63) is 23.2 Å². The Bertz CT molecular complexity index is 372. The monoisotopic (exact) mass is 252 g/mol. The van der Waals surface area contributed by atoms with Gasteiger partial charge < -0.3 is 10.6 Å². The third-order valence-corrected chi connectivity index (χ3v) is 4.03. The highest BCUT2D eigenvalue weighted by atomic mass is 35.5. The normalized spacial score (nSPS) is 17.1. The first-order chi connectivity index (χ1) is 8.24. The van der Waals surface area contributed by atoms with Crippen LogP contribution in [-0.4, -0.2) is 12.6 Å². The average Bonchev–Trinajstić information content (AvgIpc) is 2.37. The summed E-state index contributed by atoms with van der Waals surface area (Å²) in [5.74, 6) is 0. The third-order valence-electron chi connectivity index (χ3n) is 3.70. The summed E-state index contributed by atoms with van der Waals surface area (Å²) >= 11 is 6.10. The van der Waals surface area contributed by atoms with Crippen LogP contribution in [0.1, 0.15) is 39.0 Å². The second-order valence-electron chi connectivity index (χ2n) is 4.75. The van der Waals surface area contributed by atoms with Gasteiger partial charge in [0.05, 0.1) is 16.4 Å². The lowest BCUT2D eigenvalue weighted by Crippen LogP contribution is -2.37. The van der Waals surface area contributed by atoms with Gasteiger partial charge in [0.1, 0.15) is 0 Å². The van der Waals surface area contributed by atoms with Crippen LogP contribution in [0.3, 0.4) is 0 Å². The topological polar surface area (TPSA) is 29.3 Å². The highest BCUT2D eigenvalue weighted by Gasteiger charge is 2.21. The number of para-hydroxylation sites is 1. The zero-order valence-electron chi connectivity index (χ0n) is 10.5. The number of anilines is 2. The number of nitrogen functional groups attached to an aromatic ring is 1. The van der Waals surface area contributed by atoms with Gasteiger partial charge in [-0.05, 0) is 31.9 Å². The standard InChI is InChI=1S/C14H21ClN2/c1-2-17(11-7-4-3-5-8-11)13-10-6-9-12(15)14(13)16/h6,9-11H,2-5,7-8,16H2,1H3. The van der Waals surface area contributed by atoms with Crippen LogP contribution >= 0.6 is 11.6 Å². The molecule has 0 aromatic heterocycles. The molecule has 3 heteroatoms. The number of rotatable bonds is 3. The van der Waals surface area contributed by atoms with Crippen LogP contribution < -0.4 is 10.6 Å². The van der Waals surface area contributed by atoms with Crippen LogP contribution in [0, 0.1) is 0 Å². The maximum absolute atomic E-state index is 6.10. The molecule has 0 amide bonds. The lowest BCUT2D eigenvalue weighted by Gasteiger charge is -2.36. The summed E-state index contributed by atoms with van der Waals surface area (Å²) in [5.41, 5.74) is 7.92. The molecule has 0 heterocycles. The van der Waals surface area contributed by atoms with E-state index < -0.39 is 0 Å². The van der Waals surface area contributed by atoms with Crippen LogP contribution in [0.5, 0.6) is 0 Å². The molecule has 0 radical (unpaired) electrons. The largest absolute Gasteiger partial charge is 0.396 e. The van der Waals surface area contributed by atoms with Crippen LogP contribution in [0.4, 0.5) is 11.4 Å². The Labute approximate surface area is 109 Å². The van der Waals surface area contributed by atoms with Crippen LogP contribution in [0.25, 0.3) is 0 Å². The van der Waals surface area contributed by atoms with Gasteiger partial charge in [-0.15, -0.1) is 0 Å². The van der Waals surface area contributed by atoms with E-state index in [1.165, 1.54) is 32.1 Å². The lowest BCUT2D eigenvalue weighted by atomic mass is 9.93. The highest BCUT2D eigenvalue weighted by Crippen LogP contribution is 2.34. The zero-order chi connectivity index (χ0) is 12.3. The van der Waals surface area contributed by atoms with Gasteiger partial charge in [-0.25, -0.2) is 0 Å². The number of nitrogens with zero attached hydrogens (tertiary/aromatic N) is 1. The van der Waals surface area contributed by atoms with Crippen molar-refractivity contribution in [2.45, 2.75) is 45.1 Å². The quantitative estimate of drug-likeness (QED) is 0.822. The molecule has 2 rings (SSSR count). The van der Waals surface area contributed by atoms with E-state index in [4.69, 9.17) is 17.3 Å². The van der Waals surface area contributed by atoms with Crippen molar-refractivity contribution in [1.82, 2.24) is 0 Å². The second kappa shape index (κ2) is 5.63. The molecule has 0 atom stereocenters. The fraction of sp³-hybridized carbons (Fsp3) is 0.571. The second-order valence-corrected chi connectivity index (χ2v) is 5.16. The van der Waals surface area contributed by atoms with Gasteiger partial charge in [0.2, 0.25) is 0 Å². The predicted molar refractivity (Wildman–Crippen MR) is 75.8 cm³/mol.